The number of carbonyl (C=O) groups excluding carboxylic acids is 1. The monoisotopic (exact) mass is 315 g/mol. The maximum Gasteiger partial charge on any atom is 0.314 e. The van der Waals surface area contributed by atoms with Gasteiger partial charge in [-0.25, -0.2) is 4.39 Å². The van der Waals surface area contributed by atoms with Crippen LogP contribution < -0.4 is 0 Å². The van der Waals surface area contributed by atoms with Crippen molar-refractivity contribution in [3.8, 4) is 11.1 Å². The summed E-state index contributed by atoms with van der Waals surface area (Å²) in [5.74, 6) is -2.00. The Balaban J connectivity index is 1.98. The third-order valence-electron chi connectivity index (χ3n) is 3.81. The summed E-state index contributed by atoms with van der Waals surface area (Å²) in [4.78, 5) is 24.7. The van der Waals surface area contributed by atoms with Crippen molar-refractivity contribution in [1.82, 2.24) is 4.98 Å². The van der Waals surface area contributed by atoms with Crippen molar-refractivity contribution in [3.63, 3.8) is 0 Å². The number of para-hydroxylation sites is 1. The van der Waals surface area contributed by atoms with Gasteiger partial charge in [-0.3, -0.25) is 4.79 Å². The van der Waals surface area contributed by atoms with Gasteiger partial charge in [-0.2, -0.15) is 0 Å². The van der Waals surface area contributed by atoms with Crippen LogP contribution in [0.2, 0.25) is 0 Å². The zero-order chi connectivity index (χ0) is 16.4. The molecule has 2 N–H and O–H groups in total. The number of furan rings is 1. The first kappa shape index (κ1) is 15.0. The van der Waals surface area contributed by atoms with Crippen molar-refractivity contribution in [2.24, 2.45) is 0 Å². The highest BCUT2D eigenvalue weighted by Gasteiger charge is 2.24. The van der Waals surface area contributed by atoms with Crippen LogP contribution in [0.5, 0.6) is 0 Å². The first-order valence-corrected chi connectivity index (χ1v) is 7.12. The van der Waals surface area contributed by atoms with Crippen molar-refractivity contribution in [1.29, 1.82) is 0 Å². The number of aldehydes is 1. The van der Waals surface area contributed by atoms with Crippen LogP contribution in [-0.2, 0) is 9.59 Å². The highest BCUT2D eigenvalue weighted by atomic mass is 19.1. The normalized spacial score (nSPS) is 12.4. The lowest BCUT2D eigenvalue weighted by molar-refractivity contribution is -0.139. The van der Waals surface area contributed by atoms with Crippen LogP contribution in [0.3, 0.4) is 0 Å². The van der Waals surface area contributed by atoms with Gasteiger partial charge in [-0.05, 0) is 18.6 Å². The van der Waals surface area contributed by atoms with Gasteiger partial charge >= 0.3 is 5.97 Å². The molecule has 2 aromatic heterocycles. The second-order valence-corrected chi connectivity index (χ2v) is 5.24. The molecule has 6 heteroatoms. The molecule has 0 fully saturated rings. The van der Waals surface area contributed by atoms with Crippen molar-refractivity contribution in [3.05, 3.63) is 48.3 Å². The lowest BCUT2D eigenvalue weighted by atomic mass is 9.99. The first-order valence-electron chi connectivity index (χ1n) is 7.12. The Morgan fingerprint density at radius 1 is 1.43 bits per heavy atom. The van der Waals surface area contributed by atoms with E-state index in [1.54, 1.807) is 24.4 Å². The molecule has 5 nitrogen and oxygen atoms in total. The molecular weight excluding hydrogens is 301 g/mol. The Hall–Kier alpha value is -2.89. The number of carbonyl (C=O) groups is 2. The molecule has 0 spiro atoms. The minimum Gasteiger partial charge on any atom is -0.481 e. The van der Waals surface area contributed by atoms with Crippen LogP contribution >= 0.6 is 0 Å². The van der Waals surface area contributed by atoms with Gasteiger partial charge in [0.15, 0.2) is 0 Å². The summed E-state index contributed by atoms with van der Waals surface area (Å²) >= 11 is 0. The van der Waals surface area contributed by atoms with Crippen LogP contribution in [0.1, 0.15) is 24.5 Å². The Morgan fingerprint density at radius 3 is 3.00 bits per heavy atom. The fraction of sp³-hybridized carbons (Fsp3) is 0.176. The van der Waals surface area contributed by atoms with E-state index in [2.05, 4.69) is 4.98 Å². The number of aliphatic carboxylic acids is 1. The number of fused-ring (bicyclic) bond motifs is 1. The third kappa shape index (κ3) is 2.75. The number of nitrogens with one attached hydrogen (secondary N) is 1. The fourth-order valence-corrected chi connectivity index (χ4v) is 2.66. The average molecular weight is 315 g/mol. The highest BCUT2D eigenvalue weighted by molar-refractivity contribution is 5.95. The number of halogens is 1. The van der Waals surface area contributed by atoms with Crippen LogP contribution in [0.25, 0.3) is 22.0 Å². The quantitative estimate of drug-likeness (QED) is 0.679. The number of aromatic amines is 1. The van der Waals surface area contributed by atoms with E-state index in [0.29, 0.717) is 22.8 Å². The summed E-state index contributed by atoms with van der Waals surface area (Å²) in [6, 6.07) is 6.37. The van der Waals surface area contributed by atoms with E-state index in [1.165, 1.54) is 12.3 Å². The summed E-state index contributed by atoms with van der Waals surface area (Å²) in [7, 11) is 0. The SMILES string of the molecule is O=CCCC(C(=O)O)c1cc(-c2c[nH]c3c(F)cccc23)co1. The molecule has 1 unspecified atom stereocenters. The zero-order valence-electron chi connectivity index (χ0n) is 12.1. The molecule has 118 valence electrons. The second kappa shape index (κ2) is 6.08. The van der Waals surface area contributed by atoms with E-state index >= 15 is 0 Å². The van der Waals surface area contributed by atoms with Crippen LogP contribution in [-0.4, -0.2) is 22.3 Å². The lowest BCUT2D eigenvalue weighted by Crippen LogP contribution is -2.10. The molecular formula is C17H14FNO4. The molecule has 0 saturated heterocycles. The largest absolute Gasteiger partial charge is 0.481 e. The Kier molecular flexibility index (Phi) is 3.97. The summed E-state index contributed by atoms with van der Waals surface area (Å²) in [5, 5.41) is 9.96. The Bertz CT molecular complexity index is 864. The zero-order valence-corrected chi connectivity index (χ0v) is 12.1. The number of benzene rings is 1. The van der Waals surface area contributed by atoms with Crippen molar-refractivity contribution in [2.75, 3.05) is 0 Å². The minimum atomic E-state index is -1.04. The molecule has 0 saturated carbocycles. The Labute approximate surface area is 130 Å². The predicted octanol–water partition coefficient (Wildman–Crippen LogP) is 3.71. The smallest absolute Gasteiger partial charge is 0.314 e. The van der Waals surface area contributed by atoms with Crippen LogP contribution in [0, 0.1) is 5.82 Å². The molecule has 3 rings (SSSR count). The van der Waals surface area contributed by atoms with Gasteiger partial charge in [-0.1, -0.05) is 12.1 Å². The number of H-pyrrole nitrogens is 1. The topological polar surface area (TPSA) is 83.3 Å². The molecule has 0 aliphatic carbocycles. The second-order valence-electron chi connectivity index (χ2n) is 5.24. The standard InChI is InChI=1S/C17H14FNO4/c18-14-5-1-3-11-13(8-19-16(11)14)10-7-15(23-9-10)12(17(21)22)4-2-6-20/h1,3,5-9,12,19H,2,4H2,(H,21,22). The minimum absolute atomic E-state index is 0.144. The molecule has 0 bridgehead atoms. The number of hydrogen-bond acceptors (Lipinski definition) is 3. The van der Waals surface area contributed by atoms with Crippen molar-refractivity contribution < 1.29 is 23.5 Å². The predicted molar refractivity (Wildman–Crippen MR) is 81.6 cm³/mol. The molecule has 3 aromatic rings. The summed E-state index contributed by atoms with van der Waals surface area (Å²) in [6.07, 6.45) is 4.10. The molecule has 1 aromatic carbocycles. The van der Waals surface area contributed by atoms with Crippen LogP contribution in [0.15, 0.2) is 41.1 Å². The molecule has 0 radical (unpaired) electrons. The number of aromatic nitrogens is 1. The van der Waals surface area contributed by atoms with Gasteiger partial charge in [0.25, 0.3) is 0 Å². The van der Waals surface area contributed by atoms with Gasteiger partial charge in [0.2, 0.25) is 0 Å². The maximum atomic E-state index is 13.7. The van der Waals surface area contributed by atoms with E-state index in [0.717, 1.165) is 5.56 Å². The average Bonchev–Trinajstić information content (AvgIpc) is 3.14. The van der Waals surface area contributed by atoms with E-state index in [9.17, 15) is 19.1 Å². The van der Waals surface area contributed by atoms with Gasteiger partial charge in [-0.15, -0.1) is 0 Å². The number of carboxylic acids is 1. The molecule has 0 aliphatic rings. The summed E-state index contributed by atoms with van der Waals surface area (Å²) in [5.41, 5.74) is 1.78. The fourth-order valence-electron chi connectivity index (χ4n) is 2.66. The van der Waals surface area contributed by atoms with E-state index in [-0.39, 0.29) is 24.4 Å². The van der Waals surface area contributed by atoms with E-state index in [4.69, 9.17) is 4.42 Å². The molecule has 2 heterocycles. The maximum absolute atomic E-state index is 13.7. The summed E-state index contributed by atoms with van der Waals surface area (Å²) in [6.45, 7) is 0. The Morgan fingerprint density at radius 2 is 2.26 bits per heavy atom. The number of carboxylic acid groups (broad SMARTS) is 1. The van der Waals surface area contributed by atoms with E-state index in [1.807, 2.05) is 0 Å². The highest BCUT2D eigenvalue weighted by Crippen LogP contribution is 2.33. The van der Waals surface area contributed by atoms with Gasteiger partial charge in [0, 0.05) is 29.1 Å². The van der Waals surface area contributed by atoms with Crippen LogP contribution in [0.4, 0.5) is 4.39 Å². The van der Waals surface area contributed by atoms with E-state index < -0.39 is 11.9 Å². The number of hydrogen-bond donors (Lipinski definition) is 2. The van der Waals surface area contributed by atoms with Gasteiger partial charge < -0.3 is 19.3 Å². The molecule has 0 aliphatic heterocycles. The van der Waals surface area contributed by atoms with Crippen molar-refractivity contribution in [2.45, 2.75) is 18.8 Å². The van der Waals surface area contributed by atoms with Gasteiger partial charge in [0.05, 0.1) is 11.8 Å². The lowest BCUT2D eigenvalue weighted by Gasteiger charge is -2.06. The van der Waals surface area contributed by atoms with Gasteiger partial charge in [0.1, 0.15) is 23.8 Å². The molecule has 0 amide bonds. The first-order chi connectivity index (χ1) is 11.1. The van der Waals surface area contributed by atoms with Crippen molar-refractivity contribution >= 4 is 23.2 Å². The summed E-state index contributed by atoms with van der Waals surface area (Å²) < 4.78 is 19.1. The molecule has 23 heavy (non-hydrogen) atoms. The molecule has 1 atom stereocenters. The number of rotatable bonds is 6. The third-order valence-corrected chi connectivity index (χ3v) is 3.81.